The number of nitrogens with two attached hydrogens (primary N) is 1. The number of hydrogen-bond acceptors (Lipinski definition) is 4. The van der Waals surface area contributed by atoms with E-state index in [4.69, 9.17) is 5.73 Å². The van der Waals surface area contributed by atoms with E-state index in [9.17, 15) is 18.0 Å². The quantitative estimate of drug-likeness (QED) is 0.432. The number of halogens is 6. The Morgan fingerprint density at radius 3 is 2.31 bits per heavy atom. The van der Waals surface area contributed by atoms with Gasteiger partial charge in [-0.05, 0) is 42.7 Å². The summed E-state index contributed by atoms with van der Waals surface area (Å²) in [7, 11) is 0. The van der Waals surface area contributed by atoms with E-state index in [1.165, 1.54) is 6.20 Å². The first-order valence-electron chi connectivity index (χ1n) is 10.4. The van der Waals surface area contributed by atoms with Gasteiger partial charge in [0.1, 0.15) is 23.3 Å². The molecule has 0 aliphatic carbocycles. The van der Waals surface area contributed by atoms with E-state index in [0.29, 0.717) is 30.4 Å². The fourth-order valence-electron chi connectivity index (χ4n) is 4.24. The SMILES string of the molecule is C[C@@H]1C[C@H](N)CN(c2ccncc2NC(=O)c2ccc(F)c(-c3c(F)cccc3F)c2F)C1.Cl.Cl. The van der Waals surface area contributed by atoms with Crippen molar-refractivity contribution in [2.45, 2.75) is 19.4 Å². The van der Waals surface area contributed by atoms with Gasteiger partial charge in [-0.15, -0.1) is 24.8 Å². The molecule has 5 nitrogen and oxygen atoms in total. The zero-order valence-corrected chi connectivity index (χ0v) is 20.2. The number of aromatic nitrogens is 1. The summed E-state index contributed by atoms with van der Waals surface area (Å²) in [6.07, 6.45) is 3.85. The summed E-state index contributed by atoms with van der Waals surface area (Å²) in [5.74, 6) is -5.42. The first kappa shape index (κ1) is 28.4. The summed E-state index contributed by atoms with van der Waals surface area (Å²) < 4.78 is 58.0. The van der Waals surface area contributed by atoms with Crippen molar-refractivity contribution >= 4 is 42.1 Å². The average molecular weight is 531 g/mol. The molecule has 1 aromatic heterocycles. The normalized spacial score (nSPS) is 17.3. The molecule has 1 amide bonds. The molecule has 0 unspecified atom stereocenters. The number of hydrogen-bond donors (Lipinski definition) is 2. The Morgan fingerprint density at radius 2 is 1.66 bits per heavy atom. The van der Waals surface area contributed by atoms with Gasteiger partial charge in [0.2, 0.25) is 0 Å². The third kappa shape index (κ3) is 5.86. The number of nitrogens with one attached hydrogen (secondary N) is 1. The molecule has 0 radical (unpaired) electrons. The molecule has 0 bridgehead atoms. The van der Waals surface area contributed by atoms with E-state index in [1.54, 1.807) is 12.3 Å². The number of nitrogens with zero attached hydrogens (tertiary/aromatic N) is 2. The van der Waals surface area contributed by atoms with Crippen LogP contribution >= 0.6 is 24.8 Å². The molecule has 2 atom stereocenters. The molecular formula is C24H24Cl2F4N4O. The van der Waals surface area contributed by atoms with Crippen molar-refractivity contribution in [1.29, 1.82) is 0 Å². The maximum absolute atomic E-state index is 15.2. The molecule has 35 heavy (non-hydrogen) atoms. The topological polar surface area (TPSA) is 71.2 Å². The van der Waals surface area contributed by atoms with Crippen molar-refractivity contribution in [3.05, 3.63) is 77.6 Å². The number of amides is 1. The van der Waals surface area contributed by atoms with Gasteiger partial charge in [-0.1, -0.05) is 13.0 Å². The maximum Gasteiger partial charge on any atom is 0.258 e. The lowest BCUT2D eigenvalue weighted by molar-refractivity contribution is 0.102. The van der Waals surface area contributed by atoms with Gasteiger partial charge >= 0.3 is 0 Å². The Labute approximate surface area is 212 Å². The third-order valence-corrected chi connectivity index (χ3v) is 5.63. The van der Waals surface area contributed by atoms with Crippen molar-refractivity contribution in [2.24, 2.45) is 11.7 Å². The van der Waals surface area contributed by atoms with Crippen molar-refractivity contribution in [1.82, 2.24) is 4.98 Å². The monoisotopic (exact) mass is 530 g/mol. The van der Waals surface area contributed by atoms with E-state index in [-0.39, 0.29) is 30.9 Å². The molecule has 1 saturated heterocycles. The minimum absolute atomic E-state index is 0. The summed E-state index contributed by atoms with van der Waals surface area (Å²) >= 11 is 0. The molecular weight excluding hydrogens is 507 g/mol. The number of rotatable bonds is 4. The Balaban J connectivity index is 0.00000216. The number of benzene rings is 2. The van der Waals surface area contributed by atoms with Gasteiger partial charge in [0.15, 0.2) is 0 Å². The average Bonchev–Trinajstić information content (AvgIpc) is 2.75. The Morgan fingerprint density at radius 1 is 1.00 bits per heavy atom. The fraction of sp³-hybridized carbons (Fsp3) is 0.250. The van der Waals surface area contributed by atoms with Crippen LogP contribution in [0.25, 0.3) is 11.1 Å². The first-order chi connectivity index (χ1) is 15.8. The predicted molar refractivity (Wildman–Crippen MR) is 132 cm³/mol. The fourth-order valence-corrected chi connectivity index (χ4v) is 4.24. The highest BCUT2D eigenvalue weighted by molar-refractivity contribution is 6.06. The van der Waals surface area contributed by atoms with Crippen LogP contribution in [0, 0.1) is 29.2 Å². The summed E-state index contributed by atoms with van der Waals surface area (Å²) in [4.78, 5) is 19.0. The molecule has 4 rings (SSSR count). The number of piperidine rings is 1. The molecule has 3 aromatic rings. The lowest BCUT2D eigenvalue weighted by atomic mass is 9.96. The summed E-state index contributed by atoms with van der Waals surface area (Å²) in [6.45, 7) is 3.35. The van der Waals surface area contributed by atoms with Gasteiger partial charge in [0.25, 0.3) is 5.91 Å². The third-order valence-electron chi connectivity index (χ3n) is 5.63. The van der Waals surface area contributed by atoms with Crippen LogP contribution in [0.15, 0.2) is 48.8 Å². The highest BCUT2D eigenvalue weighted by atomic mass is 35.5. The van der Waals surface area contributed by atoms with Crippen molar-refractivity contribution in [3.8, 4) is 11.1 Å². The van der Waals surface area contributed by atoms with Crippen LogP contribution in [-0.4, -0.2) is 30.0 Å². The second-order valence-corrected chi connectivity index (χ2v) is 8.23. The molecule has 0 spiro atoms. The van der Waals surface area contributed by atoms with E-state index in [0.717, 1.165) is 36.8 Å². The van der Waals surface area contributed by atoms with Gasteiger partial charge in [0, 0.05) is 25.3 Å². The van der Waals surface area contributed by atoms with Gasteiger partial charge in [-0.25, -0.2) is 17.6 Å². The Kier molecular flexibility index (Phi) is 9.48. The molecule has 3 N–H and O–H groups in total. The molecule has 1 aliphatic rings. The second kappa shape index (κ2) is 11.7. The minimum atomic E-state index is -1.37. The Hall–Kier alpha value is -2.88. The highest BCUT2D eigenvalue weighted by Crippen LogP contribution is 2.34. The van der Waals surface area contributed by atoms with Gasteiger partial charge in [-0.3, -0.25) is 9.78 Å². The lowest BCUT2D eigenvalue weighted by Gasteiger charge is -2.37. The number of pyridine rings is 1. The largest absolute Gasteiger partial charge is 0.368 e. The highest BCUT2D eigenvalue weighted by Gasteiger charge is 2.27. The minimum Gasteiger partial charge on any atom is -0.368 e. The predicted octanol–water partition coefficient (Wildman–Crippen LogP) is 5.57. The van der Waals surface area contributed by atoms with E-state index in [1.807, 2.05) is 4.90 Å². The van der Waals surface area contributed by atoms with Crippen molar-refractivity contribution in [3.63, 3.8) is 0 Å². The van der Waals surface area contributed by atoms with Crippen LogP contribution in [0.5, 0.6) is 0 Å². The van der Waals surface area contributed by atoms with Crippen LogP contribution in [0.3, 0.4) is 0 Å². The zero-order valence-electron chi connectivity index (χ0n) is 18.6. The summed E-state index contributed by atoms with van der Waals surface area (Å²) in [5.41, 5.74) is 4.72. The van der Waals surface area contributed by atoms with E-state index >= 15 is 4.39 Å². The first-order valence-corrected chi connectivity index (χ1v) is 10.4. The lowest BCUT2D eigenvalue weighted by Crippen LogP contribution is -2.46. The van der Waals surface area contributed by atoms with Gasteiger partial charge in [-0.2, -0.15) is 0 Å². The van der Waals surface area contributed by atoms with Crippen LogP contribution in [0.4, 0.5) is 28.9 Å². The molecule has 11 heteroatoms. The van der Waals surface area contributed by atoms with Gasteiger partial charge < -0.3 is 16.0 Å². The van der Waals surface area contributed by atoms with Crippen molar-refractivity contribution < 1.29 is 22.4 Å². The maximum atomic E-state index is 15.2. The van der Waals surface area contributed by atoms with Crippen LogP contribution in [-0.2, 0) is 0 Å². The molecule has 0 saturated carbocycles. The zero-order chi connectivity index (χ0) is 23.7. The summed E-state index contributed by atoms with van der Waals surface area (Å²) in [5, 5.41) is 2.59. The van der Waals surface area contributed by atoms with Crippen LogP contribution < -0.4 is 16.0 Å². The van der Waals surface area contributed by atoms with Crippen molar-refractivity contribution in [2.75, 3.05) is 23.3 Å². The molecule has 1 fully saturated rings. The molecule has 1 aliphatic heterocycles. The Bertz CT molecular complexity index is 1180. The standard InChI is InChI=1S/C24H22F4N4O.2ClH/c1-13-9-14(29)12-32(11-13)20-7-8-30-10-19(20)31-24(33)15-5-6-18(27)22(23(15)28)21-16(25)3-2-4-17(21)26;;/h2-8,10,13-14H,9,11-12,29H2,1H3,(H,31,33);2*1H/t13-,14+;;/m1../s1. The molecule has 2 heterocycles. The van der Waals surface area contributed by atoms with Crippen LogP contribution in [0.2, 0.25) is 0 Å². The molecule has 188 valence electrons. The number of carbonyl (C=O) groups is 1. The number of anilines is 2. The smallest absolute Gasteiger partial charge is 0.258 e. The summed E-state index contributed by atoms with van der Waals surface area (Å²) in [6, 6.07) is 6.25. The van der Waals surface area contributed by atoms with Crippen LogP contribution in [0.1, 0.15) is 23.7 Å². The molecule has 2 aromatic carbocycles. The van der Waals surface area contributed by atoms with Gasteiger partial charge in [0.05, 0.1) is 34.3 Å². The van der Waals surface area contributed by atoms with E-state index < -0.39 is 45.9 Å². The number of carbonyl (C=O) groups excluding carboxylic acids is 1. The van der Waals surface area contributed by atoms with E-state index in [2.05, 4.69) is 17.2 Å². The second-order valence-electron chi connectivity index (χ2n) is 8.23.